The van der Waals surface area contributed by atoms with Crippen LogP contribution < -0.4 is 25.6 Å². The summed E-state index contributed by atoms with van der Waals surface area (Å²) >= 11 is 6.44. The van der Waals surface area contributed by atoms with E-state index < -0.39 is 65.1 Å². The summed E-state index contributed by atoms with van der Waals surface area (Å²) in [6.07, 6.45) is -1.01. The largest absolute Gasteiger partial charge is 0.487 e. The van der Waals surface area contributed by atoms with Gasteiger partial charge in [0.2, 0.25) is 17.7 Å². The number of carbonyl (C=O) groups is 5. The molecule has 4 aromatic rings. The minimum absolute atomic E-state index is 0.0710. The van der Waals surface area contributed by atoms with Crippen LogP contribution in [0.5, 0.6) is 5.75 Å². The third kappa shape index (κ3) is 8.84. The van der Waals surface area contributed by atoms with Crippen LogP contribution in [0.2, 0.25) is 5.02 Å². The standard InChI is InChI=1S/C54H54ClF4N7O6/c1-29-25-65(51(71)47-45(34-14-7-15-37(55)46(34)56)53(43(62-47)23-52(2,3)4)28-61-38-22-42(54(57,58)59)60-24-36(38)53)39-17-16-32(21-41(39)72-29)49(69)64-20-8-10-30(26-64)9-5-11-31-12-6-13-33-35(31)27-66(50(33)70)40-18-19-44(67)63-48(40)68/h6-7,12-17,21-22,24,29-30,40,43,45,47,61-62H,8-10,18-20,23,25-28H2,1-4H3,(H,63,67,68)/t29-,30-,40-,43+,45+,47-,53+/m1/s1. The number of anilines is 2. The van der Waals surface area contributed by atoms with E-state index in [9.17, 15) is 32.3 Å². The number of amides is 5. The molecular formula is C54H54ClF4N7O6. The van der Waals surface area contributed by atoms with E-state index in [4.69, 9.17) is 16.3 Å². The van der Waals surface area contributed by atoms with Crippen LogP contribution in [0.1, 0.15) is 121 Å². The summed E-state index contributed by atoms with van der Waals surface area (Å²) in [6, 6.07) is 13.5. The molecule has 13 nitrogen and oxygen atoms in total. The molecule has 0 bridgehead atoms. The van der Waals surface area contributed by atoms with Crippen LogP contribution in [0.3, 0.4) is 0 Å². The van der Waals surface area contributed by atoms with Gasteiger partial charge in [-0.05, 0) is 97.5 Å². The van der Waals surface area contributed by atoms with Crippen LogP contribution in [0, 0.1) is 29.0 Å². The van der Waals surface area contributed by atoms with Crippen molar-refractivity contribution in [2.75, 3.05) is 36.4 Å². The summed E-state index contributed by atoms with van der Waals surface area (Å²) in [5, 5.41) is 8.96. The lowest BCUT2D eigenvalue weighted by Crippen LogP contribution is -2.52. The van der Waals surface area contributed by atoms with Crippen molar-refractivity contribution in [3.63, 3.8) is 0 Å². The molecule has 10 rings (SSSR count). The van der Waals surface area contributed by atoms with Gasteiger partial charge in [0.05, 0.1) is 23.3 Å². The Labute approximate surface area is 419 Å². The van der Waals surface area contributed by atoms with Crippen molar-refractivity contribution in [3.05, 3.63) is 117 Å². The minimum Gasteiger partial charge on any atom is -0.487 e. The Kier molecular flexibility index (Phi) is 12.6. The second-order valence-electron chi connectivity index (χ2n) is 21.1. The summed E-state index contributed by atoms with van der Waals surface area (Å²) in [6.45, 7) is 9.32. The van der Waals surface area contributed by atoms with Gasteiger partial charge in [0, 0.05) is 90.5 Å². The smallest absolute Gasteiger partial charge is 0.433 e. The third-order valence-corrected chi connectivity index (χ3v) is 15.4. The highest BCUT2D eigenvalue weighted by molar-refractivity contribution is 6.30. The third-order valence-electron chi connectivity index (χ3n) is 15.1. The summed E-state index contributed by atoms with van der Waals surface area (Å²) in [7, 11) is 0. The summed E-state index contributed by atoms with van der Waals surface area (Å²) in [4.78, 5) is 76.1. The number of hydrogen-bond donors (Lipinski definition) is 3. The van der Waals surface area contributed by atoms with Gasteiger partial charge in [0.25, 0.3) is 11.8 Å². The quantitative estimate of drug-likeness (QED) is 0.0992. The molecule has 0 aliphatic carbocycles. The minimum atomic E-state index is -4.71. The van der Waals surface area contributed by atoms with Crippen molar-refractivity contribution in [3.8, 4) is 17.6 Å². The maximum Gasteiger partial charge on any atom is 0.433 e. The Hall–Kier alpha value is -6.51. The molecule has 376 valence electrons. The zero-order valence-corrected chi connectivity index (χ0v) is 41.0. The first kappa shape index (κ1) is 49.1. The molecule has 5 amide bonds. The first-order valence-corrected chi connectivity index (χ1v) is 24.8. The van der Waals surface area contributed by atoms with Crippen molar-refractivity contribution >= 4 is 52.5 Å². The molecular weight excluding hydrogens is 954 g/mol. The molecule has 0 saturated carbocycles. The first-order valence-electron chi connectivity index (χ1n) is 24.4. The van der Waals surface area contributed by atoms with Crippen molar-refractivity contribution in [2.45, 2.75) is 115 Å². The second kappa shape index (κ2) is 18.5. The number of alkyl halides is 3. The molecule has 0 radical (unpaired) electrons. The van der Waals surface area contributed by atoms with Gasteiger partial charge in [0.1, 0.15) is 29.4 Å². The molecule has 18 heteroatoms. The molecule has 3 aromatic carbocycles. The van der Waals surface area contributed by atoms with Gasteiger partial charge < -0.3 is 30.1 Å². The number of fused-ring (bicyclic) bond motifs is 4. The highest BCUT2D eigenvalue weighted by Gasteiger charge is 2.63. The van der Waals surface area contributed by atoms with Gasteiger partial charge in [-0.1, -0.05) is 62.4 Å². The fourth-order valence-electron chi connectivity index (χ4n) is 11.9. The Morgan fingerprint density at radius 2 is 1.81 bits per heavy atom. The van der Waals surface area contributed by atoms with Gasteiger partial charge in [-0.25, -0.2) is 4.39 Å². The van der Waals surface area contributed by atoms with Gasteiger partial charge in [0.15, 0.2) is 0 Å². The van der Waals surface area contributed by atoms with Crippen LogP contribution in [0.25, 0.3) is 0 Å². The van der Waals surface area contributed by atoms with Crippen molar-refractivity contribution in [1.82, 2.24) is 25.4 Å². The Morgan fingerprint density at radius 3 is 2.57 bits per heavy atom. The molecule has 1 spiro atoms. The zero-order valence-electron chi connectivity index (χ0n) is 40.2. The Bertz CT molecular complexity index is 2990. The number of hydrogen-bond acceptors (Lipinski definition) is 9. The lowest BCUT2D eigenvalue weighted by atomic mass is 9.63. The van der Waals surface area contributed by atoms with E-state index in [2.05, 4.69) is 32.8 Å². The molecule has 72 heavy (non-hydrogen) atoms. The molecule has 7 heterocycles. The van der Waals surface area contributed by atoms with Crippen LogP contribution in [-0.4, -0.2) is 94.7 Å². The molecule has 3 saturated heterocycles. The van der Waals surface area contributed by atoms with Crippen molar-refractivity contribution in [2.24, 2.45) is 11.3 Å². The number of nitrogens with one attached hydrogen (secondary N) is 3. The fraction of sp³-hybridized carbons (Fsp3) is 0.444. The predicted molar refractivity (Wildman–Crippen MR) is 260 cm³/mol. The molecule has 6 aliphatic rings. The monoisotopic (exact) mass is 1010 g/mol. The number of aromatic nitrogens is 1. The number of halogens is 5. The second-order valence-corrected chi connectivity index (χ2v) is 21.6. The SMILES string of the molecule is C[C@@H]1CN(C(=O)[C@@H]2N[C@@H](CC(C)(C)C)[C@@]3(CNc4cc(C(F)(F)F)ncc43)[C@H]2c2cccc(Cl)c2F)c2ccc(C(=O)N3CCC[C@@H](CC#Cc4cccc5c4CN([C@@H]4CCC(=O)NC4=O)C5=O)C3)cc2O1. The number of likely N-dealkylation sites (tertiary alicyclic amines) is 1. The Morgan fingerprint density at radius 1 is 1.01 bits per heavy atom. The van der Waals surface area contributed by atoms with Gasteiger partial charge in [-0.2, -0.15) is 13.2 Å². The highest BCUT2D eigenvalue weighted by Crippen LogP contribution is 2.57. The van der Waals surface area contributed by atoms with E-state index in [0.29, 0.717) is 59.6 Å². The van der Waals surface area contributed by atoms with E-state index in [-0.39, 0.29) is 77.8 Å². The summed E-state index contributed by atoms with van der Waals surface area (Å²) < 4.78 is 64.8. The summed E-state index contributed by atoms with van der Waals surface area (Å²) in [5.74, 6) is 3.53. The molecule has 0 unspecified atom stereocenters. The maximum absolute atomic E-state index is 16.5. The summed E-state index contributed by atoms with van der Waals surface area (Å²) in [5.41, 5.74) is 0.943. The average Bonchev–Trinajstić information content (AvgIpc) is 3.99. The number of rotatable bonds is 6. The number of carbonyl (C=O) groups excluding carboxylic acids is 5. The van der Waals surface area contributed by atoms with Gasteiger partial charge >= 0.3 is 6.18 Å². The number of benzene rings is 3. The normalized spacial score (nSPS) is 25.8. The molecule has 7 atom stereocenters. The van der Waals surface area contributed by atoms with E-state index in [1.807, 2.05) is 33.8 Å². The number of pyridine rings is 1. The number of piperidine rings is 2. The van der Waals surface area contributed by atoms with E-state index >= 15 is 9.18 Å². The lowest BCUT2D eigenvalue weighted by molar-refractivity contribution is -0.141. The van der Waals surface area contributed by atoms with Crippen LogP contribution >= 0.6 is 11.6 Å². The van der Waals surface area contributed by atoms with E-state index in [0.717, 1.165) is 24.5 Å². The van der Waals surface area contributed by atoms with Crippen LogP contribution in [0.15, 0.2) is 66.9 Å². The van der Waals surface area contributed by atoms with E-state index in [1.54, 1.807) is 52.3 Å². The lowest BCUT2D eigenvalue weighted by Gasteiger charge is -2.40. The zero-order chi connectivity index (χ0) is 51.0. The maximum atomic E-state index is 16.5. The first-order chi connectivity index (χ1) is 34.2. The van der Waals surface area contributed by atoms with Gasteiger partial charge in [-0.3, -0.25) is 34.3 Å². The average molecular weight is 1010 g/mol. The number of nitrogens with zero attached hydrogens (tertiary/aromatic N) is 4. The van der Waals surface area contributed by atoms with Crippen LogP contribution in [0.4, 0.5) is 28.9 Å². The molecule has 6 aliphatic heterocycles. The predicted octanol–water partition coefficient (Wildman–Crippen LogP) is 7.99. The van der Waals surface area contributed by atoms with Crippen molar-refractivity contribution < 1.29 is 46.3 Å². The number of imide groups is 1. The van der Waals surface area contributed by atoms with E-state index in [1.165, 1.54) is 17.2 Å². The van der Waals surface area contributed by atoms with Gasteiger partial charge in [-0.15, -0.1) is 0 Å². The number of ether oxygens (including phenoxy) is 1. The fourth-order valence-corrected chi connectivity index (χ4v) is 12.0. The topological polar surface area (TPSA) is 153 Å². The Balaban J connectivity index is 0.892. The van der Waals surface area contributed by atoms with Crippen molar-refractivity contribution in [1.29, 1.82) is 0 Å². The highest BCUT2D eigenvalue weighted by atomic mass is 35.5. The molecule has 3 N–H and O–H groups in total. The van der Waals surface area contributed by atoms with Crippen LogP contribution in [-0.2, 0) is 32.5 Å². The molecule has 1 aromatic heterocycles. The molecule has 3 fully saturated rings.